The van der Waals surface area contributed by atoms with E-state index in [4.69, 9.17) is 9.47 Å². The van der Waals surface area contributed by atoms with Crippen molar-refractivity contribution in [1.82, 2.24) is 19.8 Å². The van der Waals surface area contributed by atoms with Crippen molar-refractivity contribution in [2.45, 2.75) is 49.5 Å². The average Bonchev–Trinajstić information content (AvgIpc) is 3.34. The van der Waals surface area contributed by atoms with Crippen LogP contribution in [0.3, 0.4) is 0 Å². The van der Waals surface area contributed by atoms with Crippen molar-refractivity contribution in [2.24, 2.45) is 0 Å². The van der Waals surface area contributed by atoms with Crippen molar-refractivity contribution in [3.63, 3.8) is 0 Å². The van der Waals surface area contributed by atoms with E-state index in [1.54, 1.807) is 30.1 Å². The molecule has 3 aromatic rings. The second-order valence-corrected chi connectivity index (χ2v) is 9.02. The first kappa shape index (κ1) is 19.7. The number of fused-ring (bicyclic) bond motifs is 1. The van der Waals surface area contributed by atoms with Crippen LogP contribution in [0.2, 0.25) is 0 Å². The molecule has 1 fully saturated rings. The summed E-state index contributed by atoms with van der Waals surface area (Å²) in [6, 6.07) is 10.3. The SMILES string of the molecule is CC1(C)O[C@H]([C@H](O)CO)[C@@H](c2nnc3sc(CSCc4ccccc4)nn23)O1. The van der Waals surface area contributed by atoms with Gasteiger partial charge in [0.2, 0.25) is 4.96 Å². The van der Waals surface area contributed by atoms with Crippen LogP contribution in [0.5, 0.6) is 0 Å². The fourth-order valence-electron chi connectivity index (χ4n) is 3.11. The number of aliphatic hydroxyl groups is 2. The van der Waals surface area contributed by atoms with Gasteiger partial charge in [-0.05, 0) is 19.4 Å². The zero-order chi connectivity index (χ0) is 19.7. The molecule has 28 heavy (non-hydrogen) atoms. The van der Waals surface area contributed by atoms with E-state index in [-0.39, 0.29) is 0 Å². The van der Waals surface area contributed by atoms with Crippen LogP contribution in [0.25, 0.3) is 4.96 Å². The van der Waals surface area contributed by atoms with Crippen LogP contribution in [-0.4, -0.2) is 54.6 Å². The molecule has 0 saturated carbocycles. The van der Waals surface area contributed by atoms with E-state index in [0.717, 1.165) is 16.5 Å². The standard InChI is InChI=1S/C18H22N4O4S2/c1-18(2)25-14(12(24)8-23)15(26-18)16-19-20-17-22(16)21-13(28-17)10-27-9-11-6-4-3-5-7-11/h3-7,12,14-15,23-24H,8-10H2,1-2H3/t12-,14-,15+/m1/s1. The van der Waals surface area contributed by atoms with Gasteiger partial charge in [-0.1, -0.05) is 41.7 Å². The molecule has 150 valence electrons. The largest absolute Gasteiger partial charge is 0.394 e. The molecule has 3 heterocycles. The van der Waals surface area contributed by atoms with Crippen LogP contribution >= 0.6 is 23.1 Å². The van der Waals surface area contributed by atoms with E-state index in [1.165, 1.54) is 16.9 Å². The Morgan fingerprint density at radius 1 is 1.21 bits per heavy atom. The smallest absolute Gasteiger partial charge is 0.234 e. The molecule has 2 N–H and O–H groups in total. The highest BCUT2D eigenvalue weighted by molar-refractivity contribution is 7.97. The van der Waals surface area contributed by atoms with Gasteiger partial charge in [0.25, 0.3) is 0 Å². The Bertz CT molecular complexity index is 930. The van der Waals surface area contributed by atoms with Crippen LogP contribution in [-0.2, 0) is 21.0 Å². The molecule has 0 aliphatic carbocycles. The van der Waals surface area contributed by atoms with Crippen molar-refractivity contribution in [2.75, 3.05) is 6.61 Å². The Morgan fingerprint density at radius 2 is 2.00 bits per heavy atom. The van der Waals surface area contributed by atoms with Crippen molar-refractivity contribution in [3.05, 3.63) is 46.7 Å². The Morgan fingerprint density at radius 3 is 2.75 bits per heavy atom. The molecule has 1 aromatic carbocycles. The third-order valence-electron chi connectivity index (χ3n) is 4.34. The van der Waals surface area contributed by atoms with Crippen LogP contribution < -0.4 is 0 Å². The average molecular weight is 423 g/mol. The third-order valence-corrected chi connectivity index (χ3v) is 6.44. The number of aromatic nitrogens is 4. The summed E-state index contributed by atoms with van der Waals surface area (Å²) in [5, 5.41) is 33.4. The fraction of sp³-hybridized carbons (Fsp3) is 0.500. The van der Waals surface area contributed by atoms with Crippen LogP contribution in [0.15, 0.2) is 30.3 Å². The Hall–Kier alpha value is -1.56. The molecule has 10 heteroatoms. The molecule has 1 aliphatic rings. The molecule has 1 saturated heterocycles. The second-order valence-electron chi connectivity index (χ2n) is 7.00. The first-order chi connectivity index (χ1) is 13.5. The fourth-order valence-corrected chi connectivity index (χ4v) is 5.00. The molecule has 0 radical (unpaired) electrons. The summed E-state index contributed by atoms with van der Waals surface area (Å²) in [4.78, 5) is 0.663. The van der Waals surface area contributed by atoms with Crippen molar-refractivity contribution in [1.29, 1.82) is 0 Å². The van der Waals surface area contributed by atoms with Crippen LogP contribution in [0, 0.1) is 0 Å². The lowest BCUT2D eigenvalue weighted by Gasteiger charge is -2.19. The van der Waals surface area contributed by atoms with Gasteiger partial charge in [0.15, 0.2) is 17.7 Å². The zero-order valence-corrected chi connectivity index (χ0v) is 17.2. The molecule has 1 aliphatic heterocycles. The lowest BCUT2D eigenvalue weighted by molar-refractivity contribution is -0.158. The topological polar surface area (TPSA) is 102 Å². The van der Waals surface area contributed by atoms with Crippen molar-refractivity contribution in [3.8, 4) is 0 Å². The third kappa shape index (κ3) is 4.07. The van der Waals surface area contributed by atoms with E-state index in [0.29, 0.717) is 10.8 Å². The molecular weight excluding hydrogens is 400 g/mol. The molecule has 8 nitrogen and oxygen atoms in total. The van der Waals surface area contributed by atoms with Crippen LogP contribution in [0.1, 0.15) is 36.3 Å². The quantitative estimate of drug-likeness (QED) is 0.597. The number of benzene rings is 1. The van der Waals surface area contributed by atoms with Gasteiger partial charge in [-0.15, -0.1) is 22.0 Å². The highest BCUT2D eigenvalue weighted by atomic mass is 32.2. The minimum atomic E-state index is -1.08. The molecule has 3 atom stereocenters. The maximum absolute atomic E-state index is 10.1. The minimum absolute atomic E-state index is 0.430. The number of rotatable bonds is 7. The summed E-state index contributed by atoms with van der Waals surface area (Å²) in [7, 11) is 0. The highest BCUT2D eigenvalue weighted by Gasteiger charge is 2.47. The van der Waals surface area contributed by atoms with Crippen molar-refractivity contribution >= 4 is 28.1 Å². The maximum Gasteiger partial charge on any atom is 0.234 e. The van der Waals surface area contributed by atoms with E-state index < -0.39 is 30.7 Å². The zero-order valence-electron chi connectivity index (χ0n) is 15.6. The number of hydrogen-bond donors (Lipinski definition) is 2. The summed E-state index contributed by atoms with van der Waals surface area (Å²) in [6.07, 6.45) is -2.50. The molecule has 0 bridgehead atoms. The van der Waals surface area contributed by atoms with Gasteiger partial charge in [-0.2, -0.15) is 9.61 Å². The Balaban J connectivity index is 1.51. The van der Waals surface area contributed by atoms with E-state index in [2.05, 4.69) is 27.4 Å². The lowest BCUT2D eigenvalue weighted by atomic mass is 10.1. The summed E-state index contributed by atoms with van der Waals surface area (Å²) in [6.45, 7) is 3.09. The highest BCUT2D eigenvalue weighted by Crippen LogP contribution is 2.39. The number of nitrogens with zero attached hydrogens (tertiary/aromatic N) is 4. The number of ether oxygens (including phenoxy) is 2. The van der Waals surface area contributed by atoms with Gasteiger partial charge in [0, 0.05) is 11.5 Å². The second kappa shape index (κ2) is 8.05. The number of hydrogen-bond acceptors (Lipinski definition) is 9. The number of thioether (sulfide) groups is 1. The summed E-state index contributed by atoms with van der Waals surface area (Å²) in [5.41, 5.74) is 1.27. The first-order valence-corrected chi connectivity index (χ1v) is 10.9. The van der Waals surface area contributed by atoms with Gasteiger partial charge in [-0.25, -0.2) is 0 Å². The van der Waals surface area contributed by atoms with Gasteiger partial charge >= 0.3 is 0 Å². The number of aliphatic hydroxyl groups excluding tert-OH is 2. The van der Waals surface area contributed by atoms with Gasteiger partial charge in [-0.3, -0.25) is 0 Å². The molecule has 0 spiro atoms. The lowest BCUT2D eigenvalue weighted by Crippen LogP contribution is -2.35. The van der Waals surface area contributed by atoms with Gasteiger partial charge in [0.1, 0.15) is 17.2 Å². The van der Waals surface area contributed by atoms with Gasteiger partial charge in [0.05, 0.1) is 6.61 Å². The molecular formula is C18H22N4O4S2. The maximum atomic E-state index is 10.1. The Labute approximate surface area is 170 Å². The predicted molar refractivity (Wildman–Crippen MR) is 106 cm³/mol. The van der Waals surface area contributed by atoms with Crippen molar-refractivity contribution < 1.29 is 19.7 Å². The molecule has 0 amide bonds. The minimum Gasteiger partial charge on any atom is -0.394 e. The monoisotopic (exact) mass is 422 g/mol. The molecule has 2 aromatic heterocycles. The van der Waals surface area contributed by atoms with Crippen LogP contribution in [0.4, 0.5) is 0 Å². The summed E-state index contributed by atoms with van der Waals surface area (Å²) in [5.74, 6) is 1.24. The Kier molecular flexibility index (Phi) is 5.68. The molecule has 4 rings (SSSR count). The predicted octanol–water partition coefficient (Wildman–Crippen LogP) is 2.17. The summed E-state index contributed by atoms with van der Waals surface area (Å²) < 4.78 is 13.3. The first-order valence-electron chi connectivity index (χ1n) is 8.94. The van der Waals surface area contributed by atoms with E-state index in [1.807, 2.05) is 18.2 Å². The normalized spacial score (nSPS) is 22.7. The van der Waals surface area contributed by atoms with E-state index >= 15 is 0 Å². The molecule has 0 unspecified atom stereocenters. The van der Waals surface area contributed by atoms with Gasteiger partial charge < -0.3 is 19.7 Å². The summed E-state index contributed by atoms with van der Waals surface area (Å²) >= 11 is 3.26. The van der Waals surface area contributed by atoms with E-state index in [9.17, 15) is 10.2 Å².